The van der Waals surface area contributed by atoms with Crippen LogP contribution in [-0.2, 0) is 0 Å². The molecule has 2 amide bonds. The van der Waals surface area contributed by atoms with Crippen molar-refractivity contribution in [3.05, 3.63) is 60.2 Å². The molecule has 0 spiro atoms. The fourth-order valence-electron chi connectivity index (χ4n) is 4.70. The van der Waals surface area contributed by atoms with Crippen LogP contribution in [0.1, 0.15) is 31.4 Å². The first-order valence-electron chi connectivity index (χ1n) is 11.5. The number of rotatable bonds is 5. The van der Waals surface area contributed by atoms with Gasteiger partial charge in [0.1, 0.15) is 0 Å². The highest BCUT2D eigenvalue weighted by atomic mass is 16.3. The van der Waals surface area contributed by atoms with Gasteiger partial charge < -0.3 is 25.1 Å². The molecule has 2 fully saturated rings. The number of hydrogen-bond acceptors (Lipinski definition) is 4. The summed E-state index contributed by atoms with van der Waals surface area (Å²) in [5.74, 6) is 0.189. The predicted molar refractivity (Wildman–Crippen MR) is 125 cm³/mol. The Morgan fingerprint density at radius 2 is 1.61 bits per heavy atom. The van der Waals surface area contributed by atoms with Crippen molar-refractivity contribution in [2.24, 2.45) is 5.92 Å². The number of aliphatic hydroxyl groups excluding tert-OH is 1. The number of carbonyl (C=O) groups is 1. The summed E-state index contributed by atoms with van der Waals surface area (Å²) in [5, 5.41) is 13.8. The van der Waals surface area contributed by atoms with Crippen LogP contribution in [0.2, 0.25) is 0 Å². The highest BCUT2D eigenvalue weighted by molar-refractivity contribution is 5.93. The zero-order chi connectivity index (χ0) is 21.6. The molecule has 2 N–H and O–H groups in total. The first-order valence-corrected chi connectivity index (χ1v) is 11.5. The van der Waals surface area contributed by atoms with E-state index in [4.69, 9.17) is 0 Å². The quantitative estimate of drug-likeness (QED) is 0.769. The average molecular weight is 423 g/mol. The topological polar surface area (TPSA) is 59.0 Å². The number of piperazine rings is 1. The first-order chi connectivity index (χ1) is 15.2. The van der Waals surface area contributed by atoms with Gasteiger partial charge in [-0.2, -0.15) is 0 Å². The number of likely N-dealkylation sites (tertiary alicyclic amines) is 1. The minimum Gasteiger partial charge on any atom is -0.388 e. The molecule has 0 bridgehead atoms. The Hall–Kier alpha value is -2.57. The highest BCUT2D eigenvalue weighted by Gasteiger charge is 2.29. The SMILES string of the molecule is CCN1CCN(c2ccccc2NC(=O)N2CCC(C(O)c3ccccc3)CC2)CC1. The third-order valence-corrected chi connectivity index (χ3v) is 6.72. The number of likely N-dealkylation sites (N-methyl/N-ethyl adjacent to an activating group) is 1. The van der Waals surface area contributed by atoms with E-state index in [1.54, 1.807) is 0 Å². The largest absolute Gasteiger partial charge is 0.388 e. The van der Waals surface area contributed by atoms with Gasteiger partial charge in [-0.25, -0.2) is 4.79 Å². The lowest BCUT2D eigenvalue weighted by Crippen LogP contribution is -2.46. The van der Waals surface area contributed by atoms with Gasteiger partial charge in [0, 0.05) is 39.3 Å². The number of aliphatic hydroxyl groups is 1. The van der Waals surface area contributed by atoms with Gasteiger partial charge in [-0.15, -0.1) is 0 Å². The van der Waals surface area contributed by atoms with E-state index in [-0.39, 0.29) is 11.9 Å². The van der Waals surface area contributed by atoms with Gasteiger partial charge in [0.05, 0.1) is 17.5 Å². The second-order valence-corrected chi connectivity index (χ2v) is 8.55. The van der Waals surface area contributed by atoms with Gasteiger partial charge in [0.2, 0.25) is 0 Å². The van der Waals surface area contributed by atoms with Crippen LogP contribution >= 0.6 is 0 Å². The van der Waals surface area contributed by atoms with E-state index in [2.05, 4.69) is 28.1 Å². The smallest absolute Gasteiger partial charge is 0.321 e. The number of benzene rings is 2. The summed E-state index contributed by atoms with van der Waals surface area (Å²) < 4.78 is 0. The molecule has 1 unspecified atom stereocenters. The van der Waals surface area contributed by atoms with Gasteiger partial charge in [-0.05, 0) is 43.0 Å². The van der Waals surface area contributed by atoms with Crippen LogP contribution in [0.25, 0.3) is 0 Å². The van der Waals surface area contributed by atoms with Crippen LogP contribution < -0.4 is 10.2 Å². The Morgan fingerprint density at radius 1 is 0.968 bits per heavy atom. The third-order valence-electron chi connectivity index (χ3n) is 6.72. The van der Waals surface area contributed by atoms with Crippen molar-refractivity contribution >= 4 is 17.4 Å². The summed E-state index contributed by atoms with van der Waals surface area (Å²) in [7, 11) is 0. The predicted octanol–water partition coefficient (Wildman–Crippen LogP) is 3.81. The molecule has 0 aliphatic carbocycles. The van der Waals surface area contributed by atoms with Crippen molar-refractivity contribution in [1.82, 2.24) is 9.80 Å². The fraction of sp³-hybridized carbons (Fsp3) is 0.480. The summed E-state index contributed by atoms with van der Waals surface area (Å²) in [4.78, 5) is 19.7. The first kappa shape index (κ1) is 21.7. The molecule has 0 radical (unpaired) electrons. The summed E-state index contributed by atoms with van der Waals surface area (Å²) in [6, 6.07) is 17.9. The van der Waals surface area contributed by atoms with Gasteiger partial charge in [-0.3, -0.25) is 0 Å². The number of para-hydroxylation sites is 2. The number of nitrogens with zero attached hydrogens (tertiary/aromatic N) is 3. The standard InChI is InChI=1S/C25H34N4O2/c1-2-27-16-18-28(19-17-27)23-11-7-6-10-22(23)26-25(31)29-14-12-21(13-15-29)24(30)20-8-4-3-5-9-20/h3-11,21,24,30H,2,12-19H2,1H3,(H,26,31). The molecule has 166 valence electrons. The number of nitrogens with one attached hydrogen (secondary N) is 1. The fourth-order valence-corrected chi connectivity index (χ4v) is 4.70. The maximum atomic E-state index is 13.0. The number of urea groups is 1. The van der Waals surface area contributed by atoms with Crippen molar-refractivity contribution in [3.8, 4) is 0 Å². The summed E-state index contributed by atoms with van der Waals surface area (Å²) in [6.45, 7) is 8.67. The van der Waals surface area contributed by atoms with Crippen LogP contribution in [0.15, 0.2) is 54.6 Å². The van der Waals surface area contributed by atoms with E-state index < -0.39 is 6.10 Å². The average Bonchev–Trinajstić information content (AvgIpc) is 2.84. The van der Waals surface area contributed by atoms with Crippen molar-refractivity contribution in [3.63, 3.8) is 0 Å². The van der Waals surface area contributed by atoms with Crippen molar-refractivity contribution < 1.29 is 9.90 Å². The van der Waals surface area contributed by atoms with E-state index in [9.17, 15) is 9.90 Å². The molecule has 2 heterocycles. The van der Waals surface area contributed by atoms with Crippen LogP contribution in [0.3, 0.4) is 0 Å². The van der Waals surface area contributed by atoms with E-state index in [0.717, 1.165) is 62.5 Å². The number of anilines is 2. The molecule has 4 rings (SSSR count). The van der Waals surface area contributed by atoms with E-state index in [0.29, 0.717) is 13.1 Å². The molecule has 0 saturated carbocycles. The number of piperidine rings is 1. The molecule has 1 atom stereocenters. The molecular weight excluding hydrogens is 388 g/mol. The number of amides is 2. The second kappa shape index (κ2) is 10.2. The maximum absolute atomic E-state index is 13.0. The van der Waals surface area contributed by atoms with Crippen LogP contribution in [0.5, 0.6) is 0 Å². The normalized spacial score (nSPS) is 19.3. The van der Waals surface area contributed by atoms with Crippen LogP contribution in [0.4, 0.5) is 16.2 Å². The van der Waals surface area contributed by atoms with Crippen LogP contribution in [0, 0.1) is 5.92 Å². The van der Waals surface area contributed by atoms with Crippen molar-refractivity contribution in [2.75, 3.05) is 56.0 Å². The summed E-state index contributed by atoms with van der Waals surface area (Å²) in [5.41, 5.74) is 2.94. The molecule has 2 aromatic rings. The second-order valence-electron chi connectivity index (χ2n) is 8.55. The summed E-state index contributed by atoms with van der Waals surface area (Å²) >= 11 is 0. The molecule has 2 aliphatic rings. The van der Waals surface area contributed by atoms with Gasteiger partial charge >= 0.3 is 6.03 Å². The third kappa shape index (κ3) is 5.20. The number of hydrogen-bond donors (Lipinski definition) is 2. The highest BCUT2D eigenvalue weighted by Crippen LogP contribution is 2.31. The monoisotopic (exact) mass is 422 g/mol. The molecule has 2 aliphatic heterocycles. The van der Waals surface area contributed by atoms with Gasteiger partial charge in [0.25, 0.3) is 0 Å². The summed E-state index contributed by atoms with van der Waals surface area (Å²) in [6.07, 6.45) is 1.16. The lowest BCUT2D eigenvalue weighted by molar-refractivity contribution is 0.0683. The maximum Gasteiger partial charge on any atom is 0.321 e. The molecule has 6 heteroatoms. The zero-order valence-electron chi connectivity index (χ0n) is 18.4. The van der Waals surface area contributed by atoms with Crippen LogP contribution in [-0.4, -0.2) is 66.8 Å². The zero-order valence-corrected chi connectivity index (χ0v) is 18.4. The van der Waals surface area contributed by atoms with Crippen molar-refractivity contribution in [1.29, 1.82) is 0 Å². The van der Waals surface area contributed by atoms with E-state index >= 15 is 0 Å². The van der Waals surface area contributed by atoms with Crippen molar-refractivity contribution in [2.45, 2.75) is 25.9 Å². The molecule has 2 saturated heterocycles. The van der Waals surface area contributed by atoms with Gasteiger partial charge in [0.15, 0.2) is 0 Å². The van der Waals surface area contributed by atoms with Gasteiger partial charge in [-0.1, -0.05) is 49.4 Å². The molecule has 6 nitrogen and oxygen atoms in total. The Kier molecular flexibility index (Phi) is 7.10. The minimum absolute atomic E-state index is 0.0488. The molecule has 0 aromatic heterocycles. The minimum atomic E-state index is -0.464. The van der Waals surface area contributed by atoms with E-state index in [1.165, 1.54) is 0 Å². The van der Waals surface area contributed by atoms with E-state index in [1.807, 2.05) is 53.4 Å². The Bertz CT molecular complexity index is 844. The number of carbonyl (C=O) groups excluding carboxylic acids is 1. The molecule has 31 heavy (non-hydrogen) atoms. The Balaban J connectivity index is 1.34. The molecular formula is C25H34N4O2. The Morgan fingerprint density at radius 3 is 2.29 bits per heavy atom. The Labute approximate surface area is 185 Å². The lowest BCUT2D eigenvalue weighted by atomic mass is 9.87. The lowest BCUT2D eigenvalue weighted by Gasteiger charge is -2.37. The molecule has 2 aromatic carbocycles.